The van der Waals surface area contributed by atoms with Crippen molar-refractivity contribution in [2.75, 3.05) is 11.9 Å². The summed E-state index contributed by atoms with van der Waals surface area (Å²) in [6.07, 6.45) is -0.580. The molecule has 9 nitrogen and oxygen atoms in total. The standard InChI is InChI=1S/C26H28N6O3S/c1-15-16(2)36-24-22(15)23(28-14-20-31-30-17(3)32(20)24)18-9-11-19(12-10-18)29-21(33)8-7-13-27-25(34)35-26(4,5)6/h9-12H,13-14H2,1-6H3,(H,27,34)(H,29,33). The van der Waals surface area contributed by atoms with Gasteiger partial charge in [-0.1, -0.05) is 18.1 Å². The summed E-state index contributed by atoms with van der Waals surface area (Å²) >= 11 is 1.71. The van der Waals surface area contributed by atoms with Gasteiger partial charge in [-0.05, 0) is 65.2 Å². The Morgan fingerprint density at radius 3 is 2.56 bits per heavy atom. The largest absolute Gasteiger partial charge is 0.444 e. The molecule has 0 bridgehead atoms. The fraction of sp³-hybridized carbons (Fsp3) is 0.346. The number of thiophene rings is 1. The highest BCUT2D eigenvalue weighted by molar-refractivity contribution is 7.15. The Bertz CT molecular complexity index is 1410. The third-order valence-corrected chi connectivity index (χ3v) is 6.61. The normalized spacial score (nSPS) is 12.3. The van der Waals surface area contributed by atoms with Gasteiger partial charge in [-0.25, -0.2) is 4.79 Å². The van der Waals surface area contributed by atoms with E-state index in [9.17, 15) is 9.59 Å². The van der Waals surface area contributed by atoms with E-state index < -0.39 is 17.6 Å². The van der Waals surface area contributed by atoms with E-state index in [4.69, 9.17) is 9.73 Å². The zero-order chi connectivity index (χ0) is 26.0. The number of hydrogen-bond acceptors (Lipinski definition) is 7. The molecular weight excluding hydrogens is 476 g/mol. The lowest BCUT2D eigenvalue weighted by Crippen LogP contribution is -2.32. The number of benzene rings is 1. The molecule has 1 aliphatic heterocycles. The van der Waals surface area contributed by atoms with Gasteiger partial charge in [0.1, 0.15) is 23.0 Å². The molecule has 10 heteroatoms. The van der Waals surface area contributed by atoms with E-state index in [2.05, 4.69) is 51.1 Å². The monoisotopic (exact) mass is 504 g/mol. The van der Waals surface area contributed by atoms with Gasteiger partial charge in [0.05, 0.1) is 12.3 Å². The van der Waals surface area contributed by atoms with Crippen molar-refractivity contribution < 1.29 is 14.3 Å². The topological polar surface area (TPSA) is 110 Å². The van der Waals surface area contributed by atoms with Crippen LogP contribution >= 0.6 is 11.3 Å². The van der Waals surface area contributed by atoms with Crippen LogP contribution in [0.15, 0.2) is 29.3 Å². The minimum absolute atomic E-state index is 0.00926. The second kappa shape index (κ2) is 9.95. The number of aromatic nitrogens is 3. The molecule has 0 fully saturated rings. The first-order valence-corrected chi connectivity index (χ1v) is 12.3. The summed E-state index contributed by atoms with van der Waals surface area (Å²) in [6, 6.07) is 7.50. The van der Waals surface area contributed by atoms with Gasteiger partial charge in [-0.3, -0.25) is 14.4 Å². The van der Waals surface area contributed by atoms with Crippen LogP contribution in [0, 0.1) is 32.6 Å². The van der Waals surface area contributed by atoms with Crippen molar-refractivity contribution >= 4 is 34.7 Å². The maximum atomic E-state index is 12.2. The average molecular weight is 505 g/mol. The van der Waals surface area contributed by atoms with Crippen LogP contribution in [0.4, 0.5) is 10.5 Å². The zero-order valence-electron chi connectivity index (χ0n) is 21.1. The molecule has 3 aromatic rings. The number of carbonyl (C=O) groups is 2. The van der Waals surface area contributed by atoms with E-state index in [-0.39, 0.29) is 6.54 Å². The number of aliphatic imine (C=N–C) groups is 1. The van der Waals surface area contributed by atoms with E-state index in [0.717, 1.165) is 33.5 Å². The predicted molar refractivity (Wildman–Crippen MR) is 140 cm³/mol. The Morgan fingerprint density at radius 2 is 1.86 bits per heavy atom. The average Bonchev–Trinajstić information content (AvgIpc) is 3.24. The van der Waals surface area contributed by atoms with Crippen molar-refractivity contribution in [1.29, 1.82) is 0 Å². The van der Waals surface area contributed by atoms with E-state index in [1.807, 2.05) is 31.2 Å². The Labute approximate surface area is 214 Å². The highest BCUT2D eigenvalue weighted by atomic mass is 32.1. The van der Waals surface area contributed by atoms with Crippen molar-refractivity contribution in [3.8, 4) is 16.8 Å². The quantitative estimate of drug-likeness (QED) is 0.523. The molecule has 0 unspecified atom stereocenters. The van der Waals surface area contributed by atoms with Gasteiger partial charge in [0, 0.05) is 21.7 Å². The van der Waals surface area contributed by atoms with E-state index >= 15 is 0 Å². The lowest BCUT2D eigenvalue weighted by atomic mass is 9.99. The Kier molecular flexibility index (Phi) is 6.95. The molecule has 3 heterocycles. The summed E-state index contributed by atoms with van der Waals surface area (Å²) in [5, 5.41) is 14.9. The van der Waals surface area contributed by atoms with Gasteiger partial charge in [0.25, 0.3) is 5.91 Å². The van der Waals surface area contributed by atoms with Crippen molar-refractivity contribution in [1.82, 2.24) is 20.1 Å². The smallest absolute Gasteiger partial charge is 0.408 e. The van der Waals surface area contributed by atoms with Crippen molar-refractivity contribution in [2.45, 2.75) is 53.7 Å². The second-order valence-electron chi connectivity index (χ2n) is 9.32. The van der Waals surface area contributed by atoms with Crippen LogP contribution in [0.25, 0.3) is 5.00 Å². The number of nitrogens with one attached hydrogen (secondary N) is 2. The van der Waals surface area contributed by atoms with Crippen LogP contribution in [0.2, 0.25) is 0 Å². The molecule has 2 N–H and O–H groups in total. The van der Waals surface area contributed by atoms with Gasteiger partial charge < -0.3 is 15.4 Å². The molecule has 2 aromatic heterocycles. The number of anilines is 1. The number of rotatable bonds is 3. The van der Waals surface area contributed by atoms with Gasteiger partial charge in [-0.2, -0.15) is 0 Å². The maximum absolute atomic E-state index is 12.2. The molecule has 2 amide bonds. The summed E-state index contributed by atoms with van der Waals surface area (Å²) in [6.45, 7) is 11.9. The highest BCUT2D eigenvalue weighted by Crippen LogP contribution is 2.36. The summed E-state index contributed by atoms with van der Waals surface area (Å²) in [5.41, 5.74) is 4.12. The molecule has 36 heavy (non-hydrogen) atoms. The Morgan fingerprint density at radius 1 is 1.14 bits per heavy atom. The van der Waals surface area contributed by atoms with E-state index in [1.54, 1.807) is 32.1 Å². The number of aryl methyl sites for hydroxylation is 2. The van der Waals surface area contributed by atoms with Crippen LogP contribution in [0.3, 0.4) is 0 Å². The zero-order valence-corrected chi connectivity index (χ0v) is 22.0. The third-order valence-electron chi connectivity index (χ3n) is 5.42. The van der Waals surface area contributed by atoms with Gasteiger partial charge >= 0.3 is 6.09 Å². The molecule has 0 aliphatic carbocycles. The molecule has 0 saturated heterocycles. The van der Waals surface area contributed by atoms with Gasteiger partial charge in [0.15, 0.2) is 5.82 Å². The Hall–Kier alpha value is -3.97. The first kappa shape index (κ1) is 25.1. The fourth-order valence-electron chi connectivity index (χ4n) is 3.71. The first-order valence-electron chi connectivity index (χ1n) is 11.5. The lowest BCUT2D eigenvalue weighted by molar-refractivity contribution is -0.111. The molecule has 186 valence electrons. The summed E-state index contributed by atoms with van der Waals surface area (Å²) in [5.74, 6) is 6.26. The van der Waals surface area contributed by atoms with Crippen LogP contribution in [0.1, 0.15) is 54.0 Å². The molecule has 0 radical (unpaired) electrons. The SMILES string of the molecule is Cc1sc2c(c1C)C(c1ccc(NC(=O)C#CCNC(=O)OC(C)(C)C)cc1)=NCc1nnc(C)n1-2. The van der Waals surface area contributed by atoms with Crippen LogP contribution in [-0.4, -0.2) is 44.6 Å². The number of alkyl carbamates (subject to hydrolysis) is 1. The predicted octanol–water partition coefficient (Wildman–Crippen LogP) is 4.07. The van der Waals surface area contributed by atoms with Gasteiger partial charge in [-0.15, -0.1) is 21.5 Å². The van der Waals surface area contributed by atoms with Gasteiger partial charge in [0.2, 0.25) is 0 Å². The van der Waals surface area contributed by atoms with Crippen LogP contribution in [0.5, 0.6) is 0 Å². The van der Waals surface area contributed by atoms with E-state index in [0.29, 0.717) is 12.2 Å². The number of fused-ring (bicyclic) bond motifs is 3. The molecule has 0 atom stereocenters. The van der Waals surface area contributed by atoms with Crippen molar-refractivity contribution in [2.24, 2.45) is 4.99 Å². The number of ether oxygens (including phenoxy) is 1. The Balaban J connectivity index is 1.46. The number of hydrogen-bond donors (Lipinski definition) is 2. The molecule has 4 rings (SSSR count). The lowest BCUT2D eigenvalue weighted by Gasteiger charge is -2.18. The fourth-order valence-corrected chi connectivity index (χ4v) is 4.94. The summed E-state index contributed by atoms with van der Waals surface area (Å²) < 4.78 is 7.21. The molecule has 1 aliphatic rings. The highest BCUT2D eigenvalue weighted by Gasteiger charge is 2.26. The minimum Gasteiger partial charge on any atom is -0.444 e. The van der Waals surface area contributed by atoms with Crippen molar-refractivity contribution in [3.05, 3.63) is 57.5 Å². The second-order valence-corrected chi connectivity index (χ2v) is 10.5. The molecule has 1 aromatic carbocycles. The maximum Gasteiger partial charge on any atom is 0.408 e. The minimum atomic E-state index is -0.593. The summed E-state index contributed by atoms with van der Waals surface area (Å²) in [7, 11) is 0. The van der Waals surface area contributed by atoms with Crippen LogP contribution in [-0.2, 0) is 16.1 Å². The number of amides is 2. The molecule has 0 spiro atoms. The number of carbonyl (C=O) groups excluding carboxylic acids is 2. The molecule has 0 saturated carbocycles. The summed E-state index contributed by atoms with van der Waals surface area (Å²) in [4.78, 5) is 29.9. The number of nitrogens with zero attached hydrogens (tertiary/aromatic N) is 4. The third kappa shape index (κ3) is 5.47. The van der Waals surface area contributed by atoms with E-state index in [1.165, 1.54) is 10.4 Å². The molecular formula is C26H28N6O3S. The van der Waals surface area contributed by atoms with Crippen LogP contribution < -0.4 is 10.6 Å². The first-order chi connectivity index (χ1) is 17.0. The van der Waals surface area contributed by atoms with Crippen molar-refractivity contribution in [3.63, 3.8) is 0 Å².